The number of nitrogens with zero attached hydrogens (tertiary/aromatic N) is 4. The number of carbonyl (C=O) groups is 1. The van der Waals surface area contributed by atoms with Crippen molar-refractivity contribution in [1.82, 2.24) is 19.7 Å². The topological polar surface area (TPSA) is 90.9 Å². The van der Waals surface area contributed by atoms with Crippen LogP contribution < -0.4 is 5.56 Å². The van der Waals surface area contributed by atoms with Crippen LogP contribution in [0.2, 0.25) is 0 Å². The molecule has 3 aliphatic carbocycles. The molecule has 0 spiro atoms. The van der Waals surface area contributed by atoms with Gasteiger partial charge in [-0.05, 0) is 77.0 Å². The van der Waals surface area contributed by atoms with E-state index in [0.717, 1.165) is 55.8 Å². The molecule has 30 heavy (non-hydrogen) atoms. The van der Waals surface area contributed by atoms with Crippen molar-refractivity contribution in [3.8, 4) is 0 Å². The molecule has 2 bridgehead atoms. The minimum absolute atomic E-state index is 0.0552. The number of hydrogen-bond acceptors (Lipinski definition) is 6. The van der Waals surface area contributed by atoms with Crippen LogP contribution in [0.1, 0.15) is 78.9 Å². The van der Waals surface area contributed by atoms with E-state index in [4.69, 9.17) is 9.51 Å². The second kappa shape index (κ2) is 6.33. The number of Topliss-reactive ketones (excluding diaryl/α,β-unsaturated/α-hetero) is 1. The summed E-state index contributed by atoms with van der Waals surface area (Å²) in [5, 5.41) is 4.51. The second-order valence-corrected chi connectivity index (χ2v) is 9.27. The Morgan fingerprint density at radius 3 is 2.23 bits per heavy atom. The third-order valence-corrected chi connectivity index (χ3v) is 7.41. The smallest absolute Gasteiger partial charge is 0.261 e. The molecule has 7 nitrogen and oxygen atoms in total. The molecule has 0 N–H and O–H groups in total. The van der Waals surface area contributed by atoms with E-state index in [-0.39, 0.29) is 22.2 Å². The molecular formula is C23H26N4O3. The van der Waals surface area contributed by atoms with Gasteiger partial charge in [-0.1, -0.05) is 5.16 Å². The lowest BCUT2D eigenvalue weighted by Gasteiger charge is -2.51. The predicted molar refractivity (Wildman–Crippen MR) is 112 cm³/mol. The molecule has 156 valence electrons. The first kappa shape index (κ1) is 19.2. The van der Waals surface area contributed by atoms with Crippen molar-refractivity contribution in [2.45, 2.75) is 70.1 Å². The first-order valence-electron chi connectivity index (χ1n) is 10.6. The number of rotatable bonds is 3. The number of fused-ring (bicyclic) bond motifs is 4. The summed E-state index contributed by atoms with van der Waals surface area (Å²) in [7, 11) is 1.81. The first-order valence-corrected chi connectivity index (χ1v) is 10.6. The highest BCUT2D eigenvalue weighted by atomic mass is 16.5. The third-order valence-electron chi connectivity index (χ3n) is 7.41. The Balaban J connectivity index is 1.62. The van der Waals surface area contributed by atoms with Crippen molar-refractivity contribution in [3.05, 3.63) is 51.2 Å². The molecule has 0 saturated heterocycles. The van der Waals surface area contributed by atoms with E-state index in [1.807, 2.05) is 33.0 Å². The van der Waals surface area contributed by atoms with Crippen LogP contribution >= 0.6 is 0 Å². The van der Waals surface area contributed by atoms with Gasteiger partial charge in [0, 0.05) is 23.4 Å². The van der Waals surface area contributed by atoms with Crippen LogP contribution in [0, 0.1) is 13.8 Å². The summed E-state index contributed by atoms with van der Waals surface area (Å²) in [4.78, 5) is 35.0. The van der Waals surface area contributed by atoms with Gasteiger partial charge in [-0.2, -0.15) is 4.98 Å². The van der Waals surface area contributed by atoms with Gasteiger partial charge >= 0.3 is 0 Å². The highest BCUT2D eigenvalue weighted by molar-refractivity contribution is 6.05. The molecule has 0 radical (unpaired) electrons. The second-order valence-electron chi connectivity index (χ2n) is 9.27. The van der Waals surface area contributed by atoms with Gasteiger partial charge in [-0.3, -0.25) is 14.2 Å². The zero-order valence-corrected chi connectivity index (χ0v) is 17.9. The molecule has 0 atom stereocenters. The molecule has 0 amide bonds. The largest absolute Gasteiger partial charge is 0.339 e. The van der Waals surface area contributed by atoms with E-state index >= 15 is 0 Å². The minimum atomic E-state index is -0.155. The molecule has 2 aromatic heterocycles. The fourth-order valence-corrected chi connectivity index (χ4v) is 5.62. The maximum Gasteiger partial charge on any atom is 0.261 e. The molecule has 1 aromatic carbocycles. The van der Waals surface area contributed by atoms with Crippen molar-refractivity contribution < 1.29 is 9.32 Å². The van der Waals surface area contributed by atoms with Crippen molar-refractivity contribution >= 4 is 16.7 Å². The molecule has 3 fully saturated rings. The fourth-order valence-electron chi connectivity index (χ4n) is 5.62. The van der Waals surface area contributed by atoms with Crippen LogP contribution in [0.3, 0.4) is 0 Å². The number of ketones is 1. The summed E-state index contributed by atoms with van der Waals surface area (Å²) in [6.45, 7) is 5.29. The van der Waals surface area contributed by atoms with Crippen molar-refractivity contribution in [3.63, 3.8) is 0 Å². The molecular weight excluding hydrogens is 380 g/mol. The normalized spacial score (nSPS) is 25.7. The van der Waals surface area contributed by atoms with Crippen LogP contribution in [0.4, 0.5) is 0 Å². The van der Waals surface area contributed by atoms with Gasteiger partial charge in [0.15, 0.2) is 11.6 Å². The average molecular weight is 406 g/mol. The molecule has 6 rings (SSSR count). The van der Waals surface area contributed by atoms with Crippen molar-refractivity contribution in [1.29, 1.82) is 0 Å². The fraction of sp³-hybridized carbons (Fsp3) is 0.522. The Kier molecular flexibility index (Phi) is 4.04. The minimum Gasteiger partial charge on any atom is -0.339 e. The molecule has 3 aliphatic rings. The van der Waals surface area contributed by atoms with Crippen LogP contribution in [0.15, 0.2) is 21.5 Å². The van der Waals surface area contributed by atoms with Gasteiger partial charge in [0.1, 0.15) is 5.82 Å². The van der Waals surface area contributed by atoms with Crippen LogP contribution in [-0.4, -0.2) is 25.5 Å². The standard InChI is InChI=1S/C23H26N4O3/c1-13-11-16(14(2)28)18-17(12-13)19(29)27(4)20(25-18)22-5-8-23(9-6-22,10-7-22)21-24-15(3)26-30-21/h11-12H,5-10H2,1-4H3. The Morgan fingerprint density at radius 1 is 1.03 bits per heavy atom. The Morgan fingerprint density at radius 2 is 1.67 bits per heavy atom. The lowest BCUT2D eigenvalue weighted by atomic mass is 9.53. The van der Waals surface area contributed by atoms with E-state index < -0.39 is 0 Å². The van der Waals surface area contributed by atoms with E-state index in [1.54, 1.807) is 4.57 Å². The van der Waals surface area contributed by atoms with E-state index in [2.05, 4.69) is 10.1 Å². The molecule has 3 saturated carbocycles. The number of aryl methyl sites for hydroxylation is 2. The molecule has 2 heterocycles. The zero-order valence-electron chi connectivity index (χ0n) is 17.9. The lowest BCUT2D eigenvalue weighted by Crippen LogP contribution is -2.49. The van der Waals surface area contributed by atoms with Gasteiger partial charge in [-0.15, -0.1) is 0 Å². The van der Waals surface area contributed by atoms with E-state index in [9.17, 15) is 9.59 Å². The zero-order chi connectivity index (χ0) is 21.3. The van der Waals surface area contributed by atoms with E-state index in [0.29, 0.717) is 22.3 Å². The molecule has 0 unspecified atom stereocenters. The van der Waals surface area contributed by atoms with Crippen molar-refractivity contribution in [2.75, 3.05) is 0 Å². The Labute approximate surface area is 174 Å². The van der Waals surface area contributed by atoms with Gasteiger partial charge in [-0.25, -0.2) is 4.98 Å². The SMILES string of the molecule is CC(=O)c1cc(C)cc2c(=O)n(C)c(C34CCC(c5nc(C)no5)(CC3)CC4)nc12. The van der Waals surface area contributed by atoms with E-state index in [1.165, 1.54) is 6.92 Å². The van der Waals surface area contributed by atoms with Gasteiger partial charge in [0.2, 0.25) is 5.89 Å². The Bertz CT molecular complexity index is 1230. The summed E-state index contributed by atoms with van der Waals surface area (Å²) < 4.78 is 7.25. The summed E-state index contributed by atoms with van der Waals surface area (Å²) >= 11 is 0. The maximum atomic E-state index is 13.3. The number of aromatic nitrogens is 4. The maximum absolute atomic E-state index is 13.3. The molecule has 7 heteroatoms. The van der Waals surface area contributed by atoms with Crippen LogP contribution in [-0.2, 0) is 17.9 Å². The highest BCUT2D eigenvalue weighted by Gasteiger charge is 2.54. The van der Waals surface area contributed by atoms with Gasteiger partial charge in [0.05, 0.1) is 10.9 Å². The summed E-state index contributed by atoms with van der Waals surface area (Å²) in [5.74, 6) is 2.17. The first-order chi connectivity index (χ1) is 14.2. The number of carbonyl (C=O) groups excluding carboxylic acids is 1. The monoisotopic (exact) mass is 406 g/mol. The van der Waals surface area contributed by atoms with Gasteiger partial charge < -0.3 is 4.52 Å². The van der Waals surface area contributed by atoms with Crippen molar-refractivity contribution in [2.24, 2.45) is 7.05 Å². The third kappa shape index (κ3) is 2.60. The predicted octanol–water partition coefficient (Wildman–Crippen LogP) is 3.68. The lowest BCUT2D eigenvalue weighted by molar-refractivity contribution is 0.0684. The van der Waals surface area contributed by atoms with Crippen LogP contribution in [0.5, 0.6) is 0 Å². The van der Waals surface area contributed by atoms with Gasteiger partial charge in [0.25, 0.3) is 5.56 Å². The molecule has 0 aliphatic heterocycles. The summed E-state index contributed by atoms with van der Waals surface area (Å²) in [6, 6.07) is 3.67. The quantitative estimate of drug-likeness (QED) is 0.616. The highest BCUT2D eigenvalue weighted by Crippen LogP contribution is 2.57. The van der Waals surface area contributed by atoms with Crippen LogP contribution in [0.25, 0.3) is 10.9 Å². The average Bonchev–Trinajstić information content (AvgIpc) is 3.19. The number of benzene rings is 1. The molecule has 3 aromatic rings. The summed E-state index contributed by atoms with van der Waals surface area (Å²) in [5.41, 5.74) is 1.68. The number of hydrogen-bond donors (Lipinski definition) is 0. The Hall–Kier alpha value is -2.83. The summed E-state index contributed by atoms with van der Waals surface area (Å²) in [6.07, 6.45) is 5.58.